The van der Waals surface area contributed by atoms with Crippen LogP contribution in [0.2, 0.25) is 0 Å². The van der Waals surface area contributed by atoms with E-state index in [1.165, 1.54) is 11.9 Å². The van der Waals surface area contributed by atoms with Crippen LogP contribution in [0, 0.1) is 0 Å². The lowest BCUT2D eigenvalue weighted by Gasteiger charge is -2.05. The second kappa shape index (κ2) is 5.12. The van der Waals surface area contributed by atoms with Crippen LogP contribution in [0.4, 0.5) is 5.95 Å². The molecule has 0 aliphatic rings. The first-order valence-corrected chi connectivity index (χ1v) is 6.19. The number of nitrogens with zero attached hydrogens (tertiary/aromatic N) is 5. The van der Waals surface area contributed by atoms with Crippen molar-refractivity contribution in [3.8, 4) is 5.88 Å². The Hall–Kier alpha value is -2.70. The van der Waals surface area contributed by atoms with Gasteiger partial charge >= 0.3 is 0 Å². The first-order chi connectivity index (χ1) is 9.79. The third-order valence-corrected chi connectivity index (χ3v) is 3.09. The van der Waals surface area contributed by atoms with Gasteiger partial charge in [0.05, 0.1) is 7.11 Å². The van der Waals surface area contributed by atoms with E-state index in [0.29, 0.717) is 29.5 Å². The summed E-state index contributed by atoms with van der Waals surface area (Å²) < 4.78 is 7.03. The Morgan fingerprint density at radius 1 is 1.25 bits per heavy atom. The molecule has 7 nitrogen and oxygen atoms in total. The van der Waals surface area contributed by atoms with E-state index in [2.05, 4.69) is 19.9 Å². The number of pyridine rings is 1. The van der Waals surface area contributed by atoms with Crippen molar-refractivity contribution in [2.24, 2.45) is 0 Å². The van der Waals surface area contributed by atoms with Gasteiger partial charge in [0.15, 0.2) is 11.2 Å². The third kappa shape index (κ3) is 2.13. The van der Waals surface area contributed by atoms with Gasteiger partial charge in [-0.15, -0.1) is 0 Å². The SMILES string of the molecule is COc1ncnc2c1nc(N)n2CCc1ccncc1. The lowest BCUT2D eigenvalue weighted by Crippen LogP contribution is -2.06. The fraction of sp³-hybridized carbons (Fsp3) is 0.231. The van der Waals surface area contributed by atoms with Crippen molar-refractivity contribution >= 4 is 17.1 Å². The maximum atomic E-state index is 5.96. The normalized spacial score (nSPS) is 10.8. The van der Waals surface area contributed by atoms with Gasteiger partial charge < -0.3 is 10.5 Å². The highest BCUT2D eigenvalue weighted by Crippen LogP contribution is 2.22. The summed E-state index contributed by atoms with van der Waals surface area (Å²) >= 11 is 0. The van der Waals surface area contributed by atoms with E-state index in [9.17, 15) is 0 Å². The number of aromatic nitrogens is 5. The Morgan fingerprint density at radius 3 is 2.80 bits per heavy atom. The first-order valence-electron chi connectivity index (χ1n) is 6.19. The average Bonchev–Trinajstić information content (AvgIpc) is 2.81. The van der Waals surface area contributed by atoms with Crippen molar-refractivity contribution in [2.45, 2.75) is 13.0 Å². The number of nitrogens with two attached hydrogens (primary N) is 1. The lowest BCUT2D eigenvalue weighted by atomic mass is 10.2. The molecule has 0 saturated carbocycles. The van der Waals surface area contributed by atoms with Gasteiger partial charge in [0.1, 0.15) is 6.33 Å². The summed E-state index contributed by atoms with van der Waals surface area (Å²) in [5.74, 6) is 0.845. The van der Waals surface area contributed by atoms with E-state index >= 15 is 0 Å². The molecular weight excluding hydrogens is 256 g/mol. The topological polar surface area (TPSA) is 91.7 Å². The summed E-state index contributed by atoms with van der Waals surface area (Å²) in [6, 6.07) is 3.95. The molecule has 3 rings (SSSR count). The molecular formula is C13H14N6O. The number of hydrogen-bond donors (Lipinski definition) is 1. The summed E-state index contributed by atoms with van der Waals surface area (Å²) in [5.41, 5.74) is 8.41. The highest BCUT2D eigenvalue weighted by molar-refractivity contribution is 5.78. The standard InChI is InChI=1S/C13H14N6O/c1-20-12-10-11(16-8-17-12)19(13(14)18-10)7-4-9-2-5-15-6-3-9/h2-3,5-6,8H,4,7H2,1H3,(H2,14,18). The van der Waals surface area contributed by atoms with Crippen LogP contribution in [0.15, 0.2) is 30.9 Å². The Labute approximate surface area is 115 Å². The number of fused-ring (bicyclic) bond motifs is 1. The predicted molar refractivity (Wildman–Crippen MR) is 74.2 cm³/mol. The van der Waals surface area contributed by atoms with Gasteiger partial charge in [-0.3, -0.25) is 9.55 Å². The molecule has 0 fully saturated rings. The average molecular weight is 270 g/mol. The number of anilines is 1. The fourth-order valence-corrected chi connectivity index (χ4v) is 2.09. The predicted octanol–water partition coefficient (Wildman–Crippen LogP) is 1.05. The van der Waals surface area contributed by atoms with E-state index < -0.39 is 0 Å². The van der Waals surface area contributed by atoms with Gasteiger partial charge in [0, 0.05) is 18.9 Å². The van der Waals surface area contributed by atoms with E-state index in [1.807, 2.05) is 16.7 Å². The van der Waals surface area contributed by atoms with Crippen molar-refractivity contribution < 1.29 is 4.74 Å². The van der Waals surface area contributed by atoms with Crippen molar-refractivity contribution in [3.63, 3.8) is 0 Å². The minimum atomic E-state index is 0.410. The number of hydrogen-bond acceptors (Lipinski definition) is 6. The van der Waals surface area contributed by atoms with Gasteiger partial charge in [-0.2, -0.15) is 4.98 Å². The van der Waals surface area contributed by atoms with E-state index in [-0.39, 0.29) is 0 Å². The van der Waals surface area contributed by atoms with Crippen molar-refractivity contribution in [1.82, 2.24) is 24.5 Å². The number of aryl methyl sites for hydroxylation is 2. The van der Waals surface area contributed by atoms with Crippen LogP contribution in [-0.2, 0) is 13.0 Å². The maximum Gasteiger partial charge on any atom is 0.245 e. The van der Waals surface area contributed by atoms with Crippen LogP contribution in [0.5, 0.6) is 5.88 Å². The second-order valence-electron chi connectivity index (χ2n) is 4.28. The molecule has 7 heteroatoms. The molecule has 0 atom stereocenters. The number of nitrogen functional groups attached to an aromatic ring is 1. The van der Waals surface area contributed by atoms with Gasteiger partial charge in [-0.25, -0.2) is 9.97 Å². The van der Waals surface area contributed by atoms with Crippen LogP contribution in [-0.4, -0.2) is 31.6 Å². The zero-order valence-electron chi connectivity index (χ0n) is 11.0. The Balaban J connectivity index is 1.93. The quantitative estimate of drug-likeness (QED) is 0.762. The Bertz CT molecular complexity index is 724. The molecule has 102 valence electrons. The van der Waals surface area contributed by atoms with Crippen LogP contribution < -0.4 is 10.5 Å². The molecule has 0 unspecified atom stereocenters. The van der Waals surface area contributed by atoms with Crippen LogP contribution in [0.1, 0.15) is 5.56 Å². The minimum Gasteiger partial charge on any atom is -0.479 e. The smallest absolute Gasteiger partial charge is 0.245 e. The molecule has 0 radical (unpaired) electrons. The van der Waals surface area contributed by atoms with E-state index in [0.717, 1.165) is 6.42 Å². The Kier molecular flexibility index (Phi) is 3.16. The molecule has 0 saturated heterocycles. The van der Waals surface area contributed by atoms with Gasteiger partial charge in [0.2, 0.25) is 11.8 Å². The minimum absolute atomic E-state index is 0.410. The third-order valence-electron chi connectivity index (χ3n) is 3.09. The zero-order valence-corrected chi connectivity index (χ0v) is 11.0. The molecule has 0 aliphatic heterocycles. The largest absolute Gasteiger partial charge is 0.479 e. The fourth-order valence-electron chi connectivity index (χ4n) is 2.09. The molecule has 0 amide bonds. The molecule has 0 aromatic carbocycles. The Morgan fingerprint density at radius 2 is 2.05 bits per heavy atom. The van der Waals surface area contributed by atoms with Gasteiger partial charge in [-0.05, 0) is 24.1 Å². The lowest BCUT2D eigenvalue weighted by molar-refractivity contribution is 0.401. The number of rotatable bonds is 4. The van der Waals surface area contributed by atoms with Gasteiger partial charge in [0.25, 0.3) is 0 Å². The van der Waals surface area contributed by atoms with E-state index in [1.54, 1.807) is 19.5 Å². The number of imidazole rings is 1. The molecule has 0 bridgehead atoms. The van der Waals surface area contributed by atoms with Crippen molar-refractivity contribution in [2.75, 3.05) is 12.8 Å². The molecule has 20 heavy (non-hydrogen) atoms. The summed E-state index contributed by atoms with van der Waals surface area (Å²) in [7, 11) is 1.55. The number of methoxy groups -OCH3 is 1. The summed E-state index contributed by atoms with van der Waals surface area (Å²) in [6.07, 6.45) is 5.82. The van der Waals surface area contributed by atoms with E-state index in [4.69, 9.17) is 10.5 Å². The molecule has 2 N–H and O–H groups in total. The molecule has 3 aromatic heterocycles. The number of ether oxygens (including phenoxy) is 1. The molecule has 3 aromatic rings. The van der Waals surface area contributed by atoms with Crippen LogP contribution in [0.3, 0.4) is 0 Å². The van der Waals surface area contributed by atoms with Gasteiger partial charge in [-0.1, -0.05) is 0 Å². The van der Waals surface area contributed by atoms with Crippen molar-refractivity contribution in [1.29, 1.82) is 0 Å². The molecule has 3 heterocycles. The molecule has 0 spiro atoms. The summed E-state index contributed by atoms with van der Waals surface area (Å²) in [5, 5.41) is 0. The highest BCUT2D eigenvalue weighted by Gasteiger charge is 2.14. The summed E-state index contributed by atoms with van der Waals surface area (Å²) in [4.78, 5) is 16.5. The summed E-state index contributed by atoms with van der Waals surface area (Å²) in [6.45, 7) is 0.687. The first kappa shape index (κ1) is 12.3. The highest BCUT2D eigenvalue weighted by atomic mass is 16.5. The molecule has 0 aliphatic carbocycles. The monoisotopic (exact) mass is 270 g/mol. The maximum absolute atomic E-state index is 5.96. The zero-order chi connectivity index (χ0) is 13.9. The van der Waals surface area contributed by atoms with Crippen LogP contribution >= 0.6 is 0 Å². The van der Waals surface area contributed by atoms with Crippen LogP contribution in [0.25, 0.3) is 11.2 Å². The second-order valence-corrected chi connectivity index (χ2v) is 4.28. The van der Waals surface area contributed by atoms with Crippen molar-refractivity contribution in [3.05, 3.63) is 36.4 Å².